The van der Waals surface area contributed by atoms with Crippen molar-refractivity contribution in [2.45, 2.75) is 53.2 Å². The van der Waals surface area contributed by atoms with E-state index in [2.05, 4.69) is 43.6 Å². The van der Waals surface area contributed by atoms with Gasteiger partial charge in [-0.1, -0.05) is 6.92 Å². The fourth-order valence-corrected chi connectivity index (χ4v) is 2.31. The summed E-state index contributed by atoms with van der Waals surface area (Å²) < 4.78 is 7.55. The van der Waals surface area contributed by atoms with Crippen molar-refractivity contribution in [1.29, 1.82) is 0 Å². The summed E-state index contributed by atoms with van der Waals surface area (Å²) in [6, 6.07) is 2.73. The largest absolute Gasteiger partial charge is 0.383 e. The number of ether oxygens (including phenoxy) is 1. The average Bonchev–Trinajstić information content (AvgIpc) is 2.59. The first-order valence-corrected chi connectivity index (χ1v) is 6.51. The highest BCUT2D eigenvalue weighted by molar-refractivity contribution is 5.26. The van der Waals surface area contributed by atoms with Crippen molar-refractivity contribution < 1.29 is 4.74 Å². The number of hydrogen-bond acceptors (Lipinski definition) is 2. The average molecular weight is 238 g/mol. The minimum atomic E-state index is 0.449. The van der Waals surface area contributed by atoms with Crippen molar-refractivity contribution in [1.82, 2.24) is 9.88 Å². The van der Waals surface area contributed by atoms with Gasteiger partial charge in [-0.15, -0.1) is 0 Å². The molecule has 0 fully saturated rings. The summed E-state index contributed by atoms with van der Waals surface area (Å²) >= 11 is 0. The zero-order valence-corrected chi connectivity index (χ0v) is 11.8. The van der Waals surface area contributed by atoms with Crippen LogP contribution < -0.4 is 5.32 Å². The highest BCUT2D eigenvalue weighted by Crippen LogP contribution is 2.14. The second kappa shape index (κ2) is 6.82. The van der Waals surface area contributed by atoms with Gasteiger partial charge in [-0.2, -0.15) is 0 Å². The molecule has 0 aliphatic carbocycles. The molecule has 3 nitrogen and oxygen atoms in total. The number of aromatic nitrogens is 1. The van der Waals surface area contributed by atoms with Crippen LogP contribution in [0.4, 0.5) is 0 Å². The molecular weight excluding hydrogens is 212 g/mol. The molecule has 1 unspecified atom stereocenters. The van der Waals surface area contributed by atoms with Crippen LogP contribution in [0.1, 0.15) is 37.2 Å². The lowest BCUT2D eigenvalue weighted by molar-refractivity contribution is 0.164. The Morgan fingerprint density at radius 3 is 2.53 bits per heavy atom. The van der Waals surface area contributed by atoms with Crippen LogP contribution in [0, 0.1) is 13.8 Å². The minimum Gasteiger partial charge on any atom is -0.383 e. The lowest BCUT2D eigenvalue weighted by Crippen LogP contribution is -2.32. The predicted octanol–water partition coefficient (Wildman–Crippen LogP) is 2.64. The standard InChI is InChI=1S/C14H26N2O/c1-6-14(10-17-5)15-9-13-8-11(3)16(7-2)12(13)4/h8,14-15H,6-7,9-10H2,1-5H3. The smallest absolute Gasteiger partial charge is 0.0615 e. The summed E-state index contributed by atoms with van der Waals surface area (Å²) in [7, 11) is 1.76. The van der Waals surface area contributed by atoms with Gasteiger partial charge in [0.25, 0.3) is 0 Å². The molecule has 1 heterocycles. The maximum Gasteiger partial charge on any atom is 0.0615 e. The number of nitrogens with zero attached hydrogens (tertiary/aromatic N) is 1. The maximum absolute atomic E-state index is 5.20. The summed E-state index contributed by atoms with van der Waals surface area (Å²) in [5.41, 5.74) is 4.13. The third-order valence-corrected chi connectivity index (χ3v) is 3.44. The van der Waals surface area contributed by atoms with E-state index < -0.39 is 0 Å². The van der Waals surface area contributed by atoms with E-state index in [1.165, 1.54) is 17.0 Å². The normalized spacial score (nSPS) is 13.0. The van der Waals surface area contributed by atoms with Gasteiger partial charge in [-0.05, 0) is 38.8 Å². The van der Waals surface area contributed by atoms with Crippen molar-refractivity contribution in [3.63, 3.8) is 0 Å². The summed E-state index contributed by atoms with van der Waals surface area (Å²) in [4.78, 5) is 0. The predicted molar refractivity (Wildman–Crippen MR) is 72.4 cm³/mol. The van der Waals surface area contributed by atoms with E-state index >= 15 is 0 Å². The molecule has 0 aromatic carbocycles. The second-order valence-electron chi connectivity index (χ2n) is 4.58. The molecule has 3 heteroatoms. The third-order valence-electron chi connectivity index (χ3n) is 3.44. The lowest BCUT2D eigenvalue weighted by Gasteiger charge is -2.16. The Balaban J connectivity index is 2.62. The molecule has 98 valence electrons. The second-order valence-corrected chi connectivity index (χ2v) is 4.58. The van der Waals surface area contributed by atoms with Crippen LogP contribution in [0.3, 0.4) is 0 Å². The summed E-state index contributed by atoms with van der Waals surface area (Å²) in [6.07, 6.45) is 1.10. The van der Waals surface area contributed by atoms with Gasteiger partial charge in [0.05, 0.1) is 6.61 Å². The minimum absolute atomic E-state index is 0.449. The number of nitrogens with one attached hydrogen (secondary N) is 1. The molecule has 0 spiro atoms. The van der Waals surface area contributed by atoms with Gasteiger partial charge in [0.1, 0.15) is 0 Å². The van der Waals surface area contributed by atoms with Gasteiger partial charge >= 0.3 is 0 Å². The van der Waals surface area contributed by atoms with Gasteiger partial charge in [0.2, 0.25) is 0 Å². The third kappa shape index (κ3) is 3.58. The highest BCUT2D eigenvalue weighted by atomic mass is 16.5. The quantitative estimate of drug-likeness (QED) is 0.790. The Hall–Kier alpha value is -0.800. The molecule has 1 N–H and O–H groups in total. The van der Waals surface area contributed by atoms with Crippen molar-refractivity contribution >= 4 is 0 Å². The Morgan fingerprint density at radius 1 is 1.35 bits per heavy atom. The molecule has 0 aliphatic heterocycles. The van der Waals surface area contributed by atoms with Crippen LogP contribution in [-0.4, -0.2) is 24.3 Å². The van der Waals surface area contributed by atoms with E-state index in [1.54, 1.807) is 7.11 Å². The molecular formula is C14H26N2O. The first-order valence-electron chi connectivity index (χ1n) is 6.51. The van der Waals surface area contributed by atoms with E-state index in [1.807, 2.05) is 0 Å². The highest BCUT2D eigenvalue weighted by Gasteiger charge is 2.10. The zero-order valence-electron chi connectivity index (χ0n) is 11.8. The van der Waals surface area contributed by atoms with E-state index in [4.69, 9.17) is 4.74 Å². The van der Waals surface area contributed by atoms with Crippen molar-refractivity contribution in [3.05, 3.63) is 23.0 Å². The Labute approximate surface area is 105 Å². The molecule has 1 rings (SSSR count). The monoisotopic (exact) mass is 238 g/mol. The SMILES string of the molecule is CCC(COC)NCc1cc(C)n(CC)c1C. The van der Waals surface area contributed by atoms with Gasteiger partial charge < -0.3 is 14.6 Å². The number of aryl methyl sites for hydroxylation is 1. The van der Waals surface area contributed by atoms with E-state index in [0.717, 1.165) is 26.1 Å². The molecule has 0 amide bonds. The van der Waals surface area contributed by atoms with Crippen molar-refractivity contribution in [2.75, 3.05) is 13.7 Å². The van der Waals surface area contributed by atoms with Crippen LogP contribution in [0.2, 0.25) is 0 Å². The van der Waals surface area contributed by atoms with E-state index in [9.17, 15) is 0 Å². The first-order chi connectivity index (χ1) is 8.13. The summed E-state index contributed by atoms with van der Waals surface area (Å²) in [5, 5.41) is 3.55. The first kappa shape index (κ1) is 14.3. The van der Waals surface area contributed by atoms with E-state index in [-0.39, 0.29) is 0 Å². The fraction of sp³-hybridized carbons (Fsp3) is 0.714. The Morgan fingerprint density at radius 2 is 2.06 bits per heavy atom. The molecule has 1 aromatic rings. The fourth-order valence-electron chi connectivity index (χ4n) is 2.31. The van der Waals surface area contributed by atoms with Gasteiger partial charge in [0.15, 0.2) is 0 Å². The topological polar surface area (TPSA) is 26.2 Å². The number of methoxy groups -OCH3 is 1. The van der Waals surface area contributed by atoms with E-state index in [0.29, 0.717) is 6.04 Å². The zero-order chi connectivity index (χ0) is 12.8. The summed E-state index contributed by atoms with van der Waals surface area (Å²) in [6.45, 7) is 11.5. The van der Waals surface area contributed by atoms with Crippen LogP contribution in [0.5, 0.6) is 0 Å². The molecule has 0 saturated carbocycles. The molecule has 17 heavy (non-hydrogen) atoms. The molecule has 0 aliphatic rings. The Kier molecular flexibility index (Phi) is 5.72. The van der Waals surface area contributed by atoms with Crippen LogP contribution >= 0.6 is 0 Å². The van der Waals surface area contributed by atoms with Crippen LogP contribution in [0.25, 0.3) is 0 Å². The number of hydrogen-bond donors (Lipinski definition) is 1. The van der Waals surface area contributed by atoms with Crippen LogP contribution in [-0.2, 0) is 17.8 Å². The molecule has 1 aromatic heterocycles. The molecule has 0 saturated heterocycles. The maximum atomic E-state index is 5.20. The number of rotatable bonds is 7. The van der Waals surface area contributed by atoms with Gasteiger partial charge in [-0.25, -0.2) is 0 Å². The van der Waals surface area contributed by atoms with Crippen molar-refractivity contribution in [3.8, 4) is 0 Å². The molecule has 1 atom stereocenters. The summed E-state index contributed by atoms with van der Waals surface area (Å²) in [5.74, 6) is 0. The molecule has 0 radical (unpaired) electrons. The lowest BCUT2D eigenvalue weighted by atomic mass is 10.2. The van der Waals surface area contributed by atoms with Crippen molar-refractivity contribution in [2.24, 2.45) is 0 Å². The van der Waals surface area contributed by atoms with Gasteiger partial charge in [-0.3, -0.25) is 0 Å². The van der Waals surface area contributed by atoms with Gasteiger partial charge in [0, 0.05) is 37.6 Å². The molecule has 0 bridgehead atoms. The Bertz CT molecular complexity index is 344. The van der Waals surface area contributed by atoms with Crippen LogP contribution in [0.15, 0.2) is 6.07 Å².